The van der Waals surface area contributed by atoms with Crippen LogP contribution in [0.2, 0.25) is 0 Å². The van der Waals surface area contributed by atoms with Gasteiger partial charge in [-0.25, -0.2) is 4.98 Å². The van der Waals surface area contributed by atoms with E-state index in [0.717, 1.165) is 70.1 Å². The Morgan fingerprint density at radius 3 is 2.18 bits per heavy atom. The fourth-order valence-corrected chi connectivity index (χ4v) is 6.05. The second-order valence-electron chi connectivity index (χ2n) is 14.5. The van der Waals surface area contributed by atoms with Crippen LogP contribution in [-0.4, -0.2) is 20.9 Å². The zero-order chi connectivity index (χ0) is 35.6. The van der Waals surface area contributed by atoms with E-state index in [2.05, 4.69) is 61.1 Å². The Kier molecular flexibility index (Phi) is 12.0. The SMILES string of the molecule is CC(C)(C)c1cc(-c2ncnc3cc(-c4cccc5occc45)oc23)[c-]c2ccccc12.CCC(C)(CC)C(=O)/C=C(\O)C(C)(CC)CC.[Ir]. The summed E-state index contributed by atoms with van der Waals surface area (Å²) in [5, 5.41) is 13.4. The van der Waals surface area contributed by atoms with E-state index in [1.165, 1.54) is 17.0 Å². The molecule has 0 amide bonds. The summed E-state index contributed by atoms with van der Waals surface area (Å²) in [6.45, 7) is 18.8. The number of aliphatic hydroxyl groups excluding tert-OH is 1. The van der Waals surface area contributed by atoms with E-state index in [0.29, 0.717) is 5.58 Å². The first-order valence-corrected chi connectivity index (χ1v) is 17.4. The quantitative estimate of drug-likeness (QED) is 0.0885. The molecule has 0 aliphatic rings. The van der Waals surface area contributed by atoms with Crippen LogP contribution in [0.1, 0.15) is 93.6 Å². The van der Waals surface area contributed by atoms with Crippen molar-refractivity contribution in [3.8, 4) is 22.6 Å². The monoisotopic (exact) mass is 850 g/mol. The average Bonchev–Trinajstić information content (AvgIpc) is 3.78. The third-order valence-corrected chi connectivity index (χ3v) is 10.5. The molecule has 0 unspecified atom stereocenters. The Bertz CT molecular complexity index is 2120. The normalized spacial score (nSPS) is 12.5. The molecule has 265 valence electrons. The molecule has 0 spiro atoms. The molecule has 6 aromatic rings. The molecule has 0 bridgehead atoms. The van der Waals surface area contributed by atoms with E-state index in [4.69, 9.17) is 8.83 Å². The van der Waals surface area contributed by atoms with Crippen LogP contribution in [0.15, 0.2) is 93.9 Å². The summed E-state index contributed by atoms with van der Waals surface area (Å²) >= 11 is 0. The van der Waals surface area contributed by atoms with Crippen molar-refractivity contribution in [3.63, 3.8) is 0 Å². The number of hydrogen-bond acceptors (Lipinski definition) is 6. The molecule has 0 aliphatic carbocycles. The van der Waals surface area contributed by atoms with Gasteiger partial charge in [-0.1, -0.05) is 104 Å². The number of nitrogens with zero attached hydrogens (tertiary/aromatic N) is 2. The summed E-state index contributed by atoms with van der Waals surface area (Å²) in [4.78, 5) is 21.3. The van der Waals surface area contributed by atoms with Crippen molar-refractivity contribution in [2.75, 3.05) is 0 Å². The van der Waals surface area contributed by atoms with Crippen molar-refractivity contribution >= 4 is 38.6 Å². The van der Waals surface area contributed by atoms with Gasteiger partial charge < -0.3 is 13.9 Å². The van der Waals surface area contributed by atoms with Gasteiger partial charge in [-0.3, -0.25) is 9.78 Å². The van der Waals surface area contributed by atoms with Gasteiger partial charge in [-0.15, -0.1) is 29.1 Å². The molecule has 0 atom stereocenters. The molecule has 0 saturated carbocycles. The largest absolute Gasteiger partial charge is 0.512 e. The summed E-state index contributed by atoms with van der Waals surface area (Å²) in [5.41, 5.74) is 5.50. The van der Waals surface area contributed by atoms with Crippen LogP contribution in [0.4, 0.5) is 0 Å². The van der Waals surface area contributed by atoms with Crippen molar-refractivity contribution in [2.45, 2.75) is 93.4 Å². The number of rotatable bonds is 9. The predicted molar refractivity (Wildman–Crippen MR) is 201 cm³/mol. The van der Waals surface area contributed by atoms with E-state index in [-0.39, 0.29) is 47.9 Å². The molecule has 3 aromatic heterocycles. The van der Waals surface area contributed by atoms with Gasteiger partial charge in [0.2, 0.25) is 0 Å². The van der Waals surface area contributed by atoms with Crippen molar-refractivity contribution in [1.82, 2.24) is 9.97 Å². The van der Waals surface area contributed by atoms with Crippen LogP contribution >= 0.6 is 0 Å². The number of furan rings is 2. The second kappa shape index (κ2) is 15.4. The molecule has 6 rings (SSSR count). The standard InChI is InChI=1S/C28H21N2O2.C15H28O2.Ir/c1-28(2,3)22-14-18(13-17-7-4-5-8-19(17)22)26-27-23(29-16-30-26)15-25(32-27)20-9-6-10-24-21(20)11-12-31-24;1-7-14(5,8-2)12(16)11-13(17)15(6,9-3)10-4;/h4-12,14-16H,1-3H3;11,16H,7-10H2,1-6H3;/q-1;;/b;12-11-;. The Balaban J connectivity index is 0.000000269. The number of fused-ring (bicyclic) bond motifs is 3. The summed E-state index contributed by atoms with van der Waals surface area (Å²) in [6.07, 6.45) is 8.04. The minimum absolute atomic E-state index is 0. The maximum absolute atomic E-state index is 12.2. The van der Waals surface area contributed by atoms with Gasteiger partial charge in [-0.2, -0.15) is 0 Å². The minimum Gasteiger partial charge on any atom is -0.512 e. The summed E-state index contributed by atoms with van der Waals surface area (Å²) in [6, 6.07) is 24.0. The number of aliphatic hydroxyl groups is 1. The number of allylic oxidation sites excluding steroid dienone is 2. The van der Waals surface area contributed by atoms with Crippen molar-refractivity contribution in [3.05, 3.63) is 96.7 Å². The topological polar surface area (TPSA) is 89.4 Å². The van der Waals surface area contributed by atoms with E-state index in [1.807, 2.05) is 77.9 Å². The molecule has 1 radical (unpaired) electrons. The Morgan fingerprint density at radius 2 is 1.52 bits per heavy atom. The fourth-order valence-electron chi connectivity index (χ4n) is 6.05. The number of benzene rings is 3. The third-order valence-electron chi connectivity index (χ3n) is 10.5. The Hall–Kier alpha value is -4.06. The smallest absolute Gasteiger partial charge is 0.164 e. The van der Waals surface area contributed by atoms with Gasteiger partial charge in [0.15, 0.2) is 5.78 Å². The van der Waals surface area contributed by atoms with Crippen LogP contribution < -0.4 is 0 Å². The summed E-state index contributed by atoms with van der Waals surface area (Å²) in [7, 11) is 0. The number of carbonyl (C=O) groups is 1. The minimum atomic E-state index is -0.337. The van der Waals surface area contributed by atoms with Gasteiger partial charge in [0.25, 0.3) is 0 Å². The average molecular weight is 850 g/mol. The van der Waals surface area contributed by atoms with Crippen LogP contribution in [0.5, 0.6) is 0 Å². The molecule has 7 heteroatoms. The van der Waals surface area contributed by atoms with Gasteiger partial charge in [-0.05, 0) is 43.2 Å². The first-order chi connectivity index (χ1) is 23.3. The summed E-state index contributed by atoms with van der Waals surface area (Å²) < 4.78 is 11.9. The fraction of sp³-hybridized carbons (Fsp3) is 0.372. The molecule has 1 N–H and O–H groups in total. The molecule has 6 nitrogen and oxygen atoms in total. The first-order valence-electron chi connectivity index (χ1n) is 17.4. The molecule has 0 saturated heterocycles. The summed E-state index contributed by atoms with van der Waals surface area (Å²) in [5.74, 6) is 1.03. The van der Waals surface area contributed by atoms with Crippen molar-refractivity contribution < 1.29 is 38.8 Å². The van der Waals surface area contributed by atoms with Gasteiger partial charge in [0, 0.05) is 54.0 Å². The Labute approximate surface area is 309 Å². The zero-order valence-electron chi connectivity index (χ0n) is 30.7. The van der Waals surface area contributed by atoms with Crippen LogP contribution in [0.25, 0.3) is 55.4 Å². The molecular formula is C43H49IrN2O4-. The molecule has 0 fully saturated rings. The molecular weight excluding hydrogens is 801 g/mol. The molecule has 50 heavy (non-hydrogen) atoms. The van der Waals surface area contributed by atoms with E-state index >= 15 is 0 Å². The van der Waals surface area contributed by atoms with E-state index in [1.54, 1.807) is 12.6 Å². The number of carbonyl (C=O) groups excluding carboxylic acids is 1. The maximum Gasteiger partial charge on any atom is 0.164 e. The van der Waals surface area contributed by atoms with E-state index in [9.17, 15) is 9.90 Å². The molecule has 3 heterocycles. The predicted octanol–water partition coefficient (Wildman–Crippen LogP) is 12.2. The van der Waals surface area contributed by atoms with Gasteiger partial charge in [0.1, 0.15) is 34.5 Å². The molecule has 3 aromatic carbocycles. The van der Waals surface area contributed by atoms with Gasteiger partial charge in [0.05, 0.1) is 12.0 Å². The second-order valence-corrected chi connectivity index (χ2v) is 14.5. The van der Waals surface area contributed by atoms with Crippen LogP contribution in [0.3, 0.4) is 0 Å². The van der Waals surface area contributed by atoms with Gasteiger partial charge >= 0.3 is 0 Å². The first kappa shape index (κ1) is 38.7. The number of ketones is 1. The van der Waals surface area contributed by atoms with E-state index < -0.39 is 0 Å². The van der Waals surface area contributed by atoms with Crippen molar-refractivity contribution in [1.29, 1.82) is 0 Å². The number of aromatic nitrogens is 2. The number of hydrogen-bond donors (Lipinski definition) is 1. The Morgan fingerprint density at radius 1 is 0.840 bits per heavy atom. The third kappa shape index (κ3) is 7.65. The van der Waals surface area contributed by atoms with Crippen LogP contribution in [-0.2, 0) is 30.3 Å². The maximum atomic E-state index is 12.2. The molecule has 0 aliphatic heterocycles. The van der Waals surface area contributed by atoms with Crippen molar-refractivity contribution in [2.24, 2.45) is 10.8 Å². The zero-order valence-corrected chi connectivity index (χ0v) is 33.1. The van der Waals surface area contributed by atoms with Crippen LogP contribution in [0, 0.1) is 16.9 Å².